The summed E-state index contributed by atoms with van der Waals surface area (Å²) in [7, 11) is 1.36. The summed E-state index contributed by atoms with van der Waals surface area (Å²) in [6.45, 7) is 1.14. The molecule has 0 radical (unpaired) electrons. The Morgan fingerprint density at radius 3 is 2.75 bits per heavy atom. The Bertz CT molecular complexity index is 399. The summed E-state index contributed by atoms with van der Waals surface area (Å²) in [6, 6.07) is 7.22. The predicted octanol–water partition coefficient (Wildman–Crippen LogP) is 0.350. The Labute approximate surface area is 94.2 Å². The van der Waals surface area contributed by atoms with Crippen molar-refractivity contribution < 1.29 is 14.6 Å². The third-order valence-electron chi connectivity index (χ3n) is 2.85. The third-order valence-corrected chi connectivity index (χ3v) is 2.85. The molecule has 0 aliphatic carbocycles. The van der Waals surface area contributed by atoms with Crippen molar-refractivity contribution >= 4 is 5.97 Å². The zero-order valence-electron chi connectivity index (χ0n) is 9.19. The largest absolute Gasteiger partial charge is 0.465 e. The number of esters is 1. The van der Waals surface area contributed by atoms with E-state index in [1.165, 1.54) is 7.11 Å². The number of ether oxygens (including phenoxy) is 1. The lowest BCUT2D eigenvalue weighted by atomic mass is 9.87. The van der Waals surface area contributed by atoms with Crippen molar-refractivity contribution in [3.63, 3.8) is 0 Å². The molecule has 1 aromatic carbocycles. The fourth-order valence-electron chi connectivity index (χ4n) is 1.88. The van der Waals surface area contributed by atoms with Gasteiger partial charge in [-0.2, -0.15) is 0 Å². The Morgan fingerprint density at radius 1 is 1.50 bits per heavy atom. The summed E-state index contributed by atoms with van der Waals surface area (Å²) >= 11 is 0. The van der Waals surface area contributed by atoms with Crippen molar-refractivity contribution in [2.75, 3.05) is 20.2 Å². The molecular formula is C12H15NO3. The van der Waals surface area contributed by atoms with E-state index in [0.29, 0.717) is 25.1 Å². The van der Waals surface area contributed by atoms with Gasteiger partial charge in [0.2, 0.25) is 0 Å². The molecule has 1 saturated heterocycles. The van der Waals surface area contributed by atoms with Crippen molar-refractivity contribution in [3.05, 3.63) is 35.4 Å². The Kier molecular flexibility index (Phi) is 2.94. The lowest BCUT2D eigenvalue weighted by Crippen LogP contribution is -2.60. The minimum absolute atomic E-state index is 0.355. The summed E-state index contributed by atoms with van der Waals surface area (Å²) in [5.41, 5.74) is 0.646. The van der Waals surface area contributed by atoms with Crippen LogP contribution in [0.5, 0.6) is 0 Å². The van der Waals surface area contributed by atoms with Crippen molar-refractivity contribution in [2.45, 2.75) is 12.0 Å². The number of benzene rings is 1. The first-order valence-corrected chi connectivity index (χ1v) is 5.24. The van der Waals surface area contributed by atoms with Crippen molar-refractivity contribution in [1.29, 1.82) is 0 Å². The van der Waals surface area contributed by atoms with Crippen LogP contribution in [0.15, 0.2) is 24.3 Å². The summed E-state index contributed by atoms with van der Waals surface area (Å²) in [5, 5.41) is 13.0. The molecule has 2 rings (SSSR count). The number of hydrogen-bond donors (Lipinski definition) is 2. The Hall–Kier alpha value is -1.39. The standard InChI is InChI=1S/C12H15NO3/c1-16-11(14)10-5-3-2-4-9(10)6-12(15)7-13-8-12/h2-5,13,15H,6-8H2,1H3. The van der Waals surface area contributed by atoms with E-state index >= 15 is 0 Å². The van der Waals surface area contributed by atoms with Gasteiger partial charge in [0.25, 0.3) is 0 Å². The molecule has 4 heteroatoms. The third kappa shape index (κ3) is 2.08. The smallest absolute Gasteiger partial charge is 0.338 e. The lowest BCUT2D eigenvalue weighted by molar-refractivity contribution is -0.00922. The first-order chi connectivity index (χ1) is 7.64. The van der Waals surface area contributed by atoms with Gasteiger partial charge in [-0.1, -0.05) is 18.2 Å². The maximum absolute atomic E-state index is 11.5. The molecule has 16 heavy (non-hydrogen) atoms. The van der Waals surface area contributed by atoms with Crippen LogP contribution in [0, 0.1) is 0 Å². The second kappa shape index (κ2) is 4.23. The van der Waals surface area contributed by atoms with Gasteiger partial charge < -0.3 is 15.2 Å². The number of β-amino-alcohol motifs (C(OH)–C–C–N with tert-alkyl or cyclic N) is 1. The molecule has 2 N–H and O–H groups in total. The number of nitrogens with one attached hydrogen (secondary N) is 1. The molecular weight excluding hydrogens is 206 g/mol. The van der Waals surface area contributed by atoms with Gasteiger partial charge in [-0.3, -0.25) is 0 Å². The summed E-state index contributed by atoms with van der Waals surface area (Å²) < 4.78 is 4.71. The Morgan fingerprint density at radius 2 is 2.19 bits per heavy atom. The fraction of sp³-hybridized carbons (Fsp3) is 0.417. The van der Waals surface area contributed by atoms with Crippen LogP contribution in [-0.4, -0.2) is 36.9 Å². The highest BCUT2D eigenvalue weighted by Crippen LogP contribution is 2.20. The average Bonchev–Trinajstić information content (AvgIpc) is 2.27. The molecule has 0 bridgehead atoms. The quantitative estimate of drug-likeness (QED) is 0.723. The number of methoxy groups -OCH3 is 1. The van der Waals surface area contributed by atoms with E-state index in [1.807, 2.05) is 12.1 Å². The normalized spacial score (nSPS) is 17.6. The predicted molar refractivity (Wildman–Crippen MR) is 59.3 cm³/mol. The number of aliphatic hydroxyl groups is 1. The zero-order chi connectivity index (χ0) is 11.6. The highest BCUT2D eigenvalue weighted by atomic mass is 16.5. The van der Waals surface area contributed by atoms with Gasteiger partial charge >= 0.3 is 5.97 Å². The molecule has 0 amide bonds. The maximum Gasteiger partial charge on any atom is 0.338 e. The summed E-state index contributed by atoms with van der Waals surface area (Å²) in [5.74, 6) is -0.355. The zero-order valence-corrected chi connectivity index (χ0v) is 9.19. The van der Waals surface area contributed by atoms with Gasteiger partial charge in [-0.05, 0) is 11.6 Å². The molecule has 86 valence electrons. The number of hydrogen-bond acceptors (Lipinski definition) is 4. The molecule has 0 saturated carbocycles. The van der Waals surface area contributed by atoms with Crippen molar-refractivity contribution in [2.24, 2.45) is 0 Å². The van der Waals surface area contributed by atoms with Crippen LogP contribution in [0.1, 0.15) is 15.9 Å². The Balaban J connectivity index is 2.22. The van der Waals surface area contributed by atoms with Gasteiger partial charge in [0.15, 0.2) is 0 Å². The molecule has 4 nitrogen and oxygen atoms in total. The van der Waals surface area contributed by atoms with Gasteiger partial charge in [-0.25, -0.2) is 4.79 Å². The van der Waals surface area contributed by atoms with Crippen LogP contribution in [0.25, 0.3) is 0 Å². The fourth-order valence-corrected chi connectivity index (χ4v) is 1.88. The average molecular weight is 221 g/mol. The second-order valence-corrected chi connectivity index (χ2v) is 4.15. The van der Waals surface area contributed by atoms with E-state index in [0.717, 1.165) is 5.56 Å². The SMILES string of the molecule is COC(=O)c1ccccc1CC1(O)CNC1. The van der Waals surface area contributed by atoms with Gasteiger partial charge in [0.05, 0.1) is 18.3 Å². The number of carbonyl (C=O) groups excluding carboxylic acids is 1. The van der Waals surface area contributed by atoms with Gasteiger partial charge in [0.1, 0.15) is 0 Å². The topological polar surface area (TPSA) is 58.6 Å². The highest BCUT2D eigenvalue weighted by molar-refractivity contribution is 5.91. The molecule has 0 atom stereocenters. The molecule has 1 aliphatic rings. The number of carbonyl (C=O) groups is 1. The molecule has 0 spiro atoms. The van der Waals surface area contributed by atoms with Gasteiger partial charge in [-0.15, -0.1) is 0 Å². The van der Waals surface area contributed by atoms with Crippen LogP contribution >= 0.6 is 0 Å². The monoisotopic (exact) mass is 221 g/mol. The molecule has 1 aromatic rings. The van der Waals surface area contributed by atoms with E-state index in [1.54, 1.807) is 12.1 Å². The van der Waals surface area contributed by atoms with Gasteiger partial charge in [0, 0.05) is 19.5 Å². The highest BCUT2D eigenvalue weighted by Gasteiger charge is 2.35. The van der Waals surface area contributed by atoms with Crippen LogP contribution in [0.3, 0.4) is 0 Å². The van der Waals surface area contributed by atoms with Crippen LogP contribution in [0.4, 0.5) is 0 Å². The van der Waals surface area contributed by atoms with Crippen LogP contribution < -0.4 is 5.32 Å². The molecule has 1 heterocycles. The van der Waals surface area contributed by atoms with E-state index in [-0.39, 0.29) is 5.97 Å². The summed E-state index contributed by atoms with van der Waals surface area (Å²) in [4.78, 5) is 11.5. The lowest BCUT2D eigenvalue weighted by Gasteiger charge is -2.38. The maximum atomic E-state index is 11.5. The van der Waals surface area contributed by atoms with Crippen molar-refractivity contribution in [3.8, 4) is 0 Å². The van der Waals surface area contributed by atoms with Crippen LogP contribution in [0.2, 0.25) is 0 Å². The van der Waals surface area contributed by atoms with Crippen molar-refractivity contribution in [1.82, 2.24) is 5.32 Å². The second-order valence-electron chi connectivity index (χ2n) is 4.15. The minimum atomic E-state index is -0.718. The van der Waals surface area contributed by atoms with E-state index in [4.69, 9.17) is 4.74 Å². The molecule has 0 aromatic heterocycles. The molecule has 0 unspecified atom stereocenters. The minimum Gasteiger partial charge on any atom is -0.465 e. The summed E-state index contributed by atoms with van der Waals surface area (Å²) in [6.07, 6.45) is 0.477. The molecule has 1 fully saturated rings. The first kappa shape index (κ1) is 11.1. The molecule has 1 aliphatic heterocycles. The number of rotatable bonds is 3. The van der Waals surface area contributed by atoms with Crippen LogP contribution in [-0.2, 0) is 11.2 Å². The first-order valence-electron chi connectivity index (χ1n) is 5.24. The van der Waals surface area contributed by atoms with E-state index in [2.05, 4.69) is 5.32 Å². The van der Waals surface area contributed by atoms with E-state index in [9.17, 15) is 9.90 Å². The van der Waals surface area contributed by atoms with E-state index < -0.39 is 5.60 Å².